The van der Waals surface area contributed by atoms with Crippen molar-refractivity contribution in [3.8, 4) is 0 Å². The molecule has 0 aromatic carbocycles. The van der Waals surface area contributed by atoms with Crippen LogP contribution < -0.4 is 5.32 Å². The molecule has 0 saturated carbocycles. The molecule has 1 aromatic rings. The summed E-state index contributed by atoms with van der Waals surface area (Å²) < 4.78 is 4.63. The first kappa shape index (κ1) is 16.7. The monoisotopic (exact) mass is 298 g/mol. The number of methoxy groups -OCH3 is 1. The van der Waals surface area contributed by atoms with Gasteiger partial charge in [-0.25, -0.2) is 0 Å². The standard InChI is InChI=1S/C14H22N2O3S/c1-11(2)16(10-14(18)19-3)9-13(17)15-7-6-12-5-4-8-20-12/h4-5,8,11H,6-7,9-10H2,1-3H3,(H,15,17). The maximum absolute atomic E-state index is 11.9. The second-order valence-corrected chi connectivity index (χ2v) is 5.79. The summed E-state index contributed by atoms with van der Waals surface area (Å²) in [5.74, 6) is -0.399. The van der Waals surface area contributed by atoms with Crippen molar-refractivity contribution in [1.82, 2.24) is 10.2 Å². The van der Waals surface area contributed by atoms with Crippen LogP contribution in [0, 0.1) is 0 Å². The summed E-state index contributed by atoms with van der Waals surface area (Å²) in [5, 5.41) is 4.89. The second kappa shape index (κ2) is 8.71. The van der Waals surface area contributed by atoms with Gasteiger partial charge in [0.2, 0.25) is 5.91 Å². The van der Waals surface area contributed by atoms with E-state index in [-0.39, 0.29) is 31.0 Å². The highest BCUT2D eigenvalue weighted by Gasteiger charge is 2.17. The van der Waals surface area contributed by atoms with Crippen LogP contribution in [0.15, 0.2) is 17.5 Å². The number of rotatable bonds is 8. The maximum Gasteiger partial charge on any atom is 0.319 e. The van der Waals surface area contributed by atoms with Gasteiger partial charge in [0.15, 0.2) is 0 Å². The van der Waals surface area contributed by atoms with Gasteiger partial charge in [0.25, 0.3) is 0 Å². The van der Waals surface area contributed by atoms with Gasteiger partial charge in [-0.3, -0.25) is 14.5 Å². The van der Waals surface area contributed by atoms with Crippen molar-refractivity contribution in [2.45, 2.75) is 26.3 Å². The summed E-state index contributed by atoms with van der Waals surface area (Å²) in [4.78, 5) is 26.2. The van der Waals surface area contributed by atoms with E-state index >= 15 is 0 Å². The summed E-state index contributed by atoms with van der Waals surface area (Å²) >= 11 is 1.68. The van der Waals surface area contributed by atoms with E-state index in [4.69, 9.17) is 0 Å². The molecular weight excluding hydrogens is 276 g/mol. The average molecular weight is 298 g/mol. The number of nitrogens with zero attached hydrogens (tertiary/aromatic N) is 1. The predicted octanol–water partition coefficient (Wildman–Crippen LogP) is 1.29. The Morgan fingerprint density at radius 2 is 2.15 bits per heavy atom. The van der Waals surface area contributed by atoms with Gasteiger partial charge < -0.3 is 10.1 Å². The number of hydrogen-bond donors (Lipinski definition) is 1. The van der Waals surface area contributed by atoms with Crippen molar-refractivity contribution >= 4 is 23.2 Å². The molecule has 0 aliphatic carbocycles. The fourth-order valence-electron chi connectivity index (χ4n) is 1.67. The number of carbonyl (C=O) groups is 2. The van der Waals surface area contributed by atoms with Crippen LogP contribution in [0.5, 0.6) is 0 Å². The maximum atomic E-state index is 11.9. The minimum atomic E-state index is -0.329. The van der Waals surface area contributed by atoms with Crippen LogP contribution in [-0.2, 0) is 20.7 Å². The lowest BCUT2D eigenvalue weighted by Gasteiger charge is -2.24. The molecule has 1 N–H and O–H groups in total. The van der Waals surface area contributed by atoms with Crippen LogP contribution in [0.1, 0.15) is 18.7 Å². The van der Waals surface area contributed by atoms with Gasteiger partial charge in [-0.1, -0.05) is 6.07 Å². The Labute approximate surface area is 123 Å². The minimum absolute atomic E-state index is 0.0702. The Morgan fingerprint density at radius 3 is 2.70 bits per heavy atom. The van der Waals surface area contributed by atoms with Crippen LogP contribution in [0.4, 0.5) is 0 Å². The van der Waals surface area contributed by atoms with Gasteiger partial charge >= 0.3 is 5.97 Å². The lowest BCUT2D eigenvalue weighted by molar-refractivity contribution is -0.142. The summed E-state index contributed by atoms with van der Waals surface area (Å²) in [6.45, 7) is 4.84. The number of ether oxygens (including phenoxy) is 1. The van der Waals surface area contributed by atoms with Crippen molar-refractivity contribution in [2.24, 2.45) is 0 Å². The molecule has 0 aliphatic rings. The van der Waals surface area contributed by atoms with E-state index in [0.717, 1.165) is 6.42 Å². The molecule has 1 amide bonds. The quantitative estimate of drug-likeness (QED) is 0.735. The van der Waals surface area contributed by atoms with E-state index in [1.165, 1.54) is 12.0 Å². The molecule has 0 aliphatic heterocycles. The average Bonchev–Trinajstić information content (AvgIpc) is 2.90. The largest absolute Gasteiger partial charge is 0.468 e. The Bertz CT molecular complexity index is 418. The molecule has 1 rings (SSSR count). The van der Waals surface area contributed by atoms with E-state index in [2.05, 4.69) is 16.1 Å². The molecular formula is C14H22N2O3S. The highest BCUT2D eigenvalue weighted by molar-refractivity contribution is 7.09. The molecule has 1 aromatic heterocycles. The number of thiophene rings is 1. The van der Waals surface area contributed by atoms with E-state index < -0.39 is 0 Å². The Morgan fingerprint density at radius 1 is 1.40 bits per heavy atom. The van der Waals surface area contributed by atoms with Crippen molar-refractivity contribution in [3.05, 3.63) is 22.4 Å². The molecule has 5 nitrogen and oxygen atoms in total. The highest BCUT2D eigenvalue weighted by atomic mass is 32.1. The molecule has 1 heterocycles. The molecule has 20 heavy (non-hydrogen) atoms. The zero-order valence-electron chi connectivity index (χ0n) is 12.2. The predicted molar refractivity (Wildman–Crippen MR) is 79.8 cm³/mol. The molecule has 0 saturated heterocycles. The molecule has 0 spiro atoms. The number of hydrogen-bond acceptors (Lipinski definition) is 5. The van der Waals surface area contributed by atoms with Gasteiger partial charge in [-0.2, -0.15) is 0 Å². The molecule has 0 unspecified atom stereocenters. The lowest BCUT2D eigenvalue weighted by atomic mass is 10.3. The van der Waals surface area contributed by atoms with Gasteiger partial charge in [0.1, 0.15) is 0 Å². The van der Waals surface area contributed by atoms with E-state index in [1.54, 1.807) is 16.2 Å². The molecule has 0 fully saturated rings. The van der Waals surface area contributed by atoms with Crippen LogP contribution in [0.25, 0.3) is 0 Å². The van der Waals surface area contributed by atoms with E-state index in [1.807, 2.05) is 25.3 Å². The molecule has 0 atom stereocenters. The Balaban J connectivity index is 2.32. The Hall–Kier alpha value is -1.40. The zero-order valence-corrected chi connectivity index (χ0v) is 13.0. The molecule has 0 bridgehead atoms. The molecule has 0 radical (unpaired) electrons. The topological polar surface area (TPSA) is 58.6 Å². The first-order valence-electron chi connectivity index (χ1n) is 6.63. The Kier molecular flexibility index (Phi) is 7.25. The summed E-state index contributed by atoms with van der Waals surface area (Å²) in [5.41, 5.74) is 0. The molecule has 112 valence electrons. The number of carbonyl (C=O) groups excluding carboxylic acids is 2. The van der Waals surface area contributed by atoms with Crippen LogP contribution in [0.2, 0.25) is 0 Å². The van der Waals surface area contributed by atoms with Crippen molar-refractivity contribution in [2.75, 3.05) is 26.7 Å². The van der Waals surface area contributed by atoms with Gasteiger partial charge in [-0.15, -0.1) is 11.3 Å². The minimum Gasteiger partial charge on any atom is -0.468 e. The first-order chi connectivity index (χ1) is 9.52. The number of amides is 1. The van der Waals surface area contributed by atoms with Crippen LogP contribution in [-0.4, -0.2) is 49.6 Å². The lowest BCUT2D eigenvalue weighted by Crippen LogP contribution is -2.43. The van der Waals surface area contributed by atoms with Crippen LogP contribution in [0.3, 0.4) is 0 Å². The third kappa shape index (κ3) is 6.16. The van der Waals surface area contributed by atoms with E-state index in [0.29, 0.717) is 6.54 Å². The number of esters is 1. The first-order valence-corrected chi connectivity index (χ1v) is 7.51. The third-order valence-corrected chi connectivity index (χ3v) is 3.85. The zero-order chi connectivity index (χ0) is 15.0. The summed E-state index contributed by atoms with van der Waals surface area (Å²) in [6.07, 6.45) is 0.835. The van der Waals surface area contributed by atoms with E-state index in [9.17, 15) is 9.59 Å². The van der Waals surface area contributed by atoms with Crippen molar-refractivity contribution < 1.29 is 14.3 Å². The van der Waals surface area contributed by atoms with Crippen LogP contribution >= 0.6 is 11.3 Å². The van der Waals surface area contributed by atoms with Gasteiger partial charge in [0.05, 0.1) is 20.2 Å². The normalized spacial score (nSPS) is 10.8. The third-order valence-electron chi connectivity index (χ3n) is 2.91. The highest BCUT2D eigenvalue weighted by Crippen LogP contribution is 2.08. The summed E-state index contributed by atoms with van der Waals surface area (Å²) in [7, 11) is 1.35. The van der Waals surface area contributed by atoms with Gasteiger partial charge in [-0.05, 0) is 31.7 Å². The molecule has 6 heteroatoms. The van der Waals surface area contributed by atoms with Crippen molar-refractivity contribution in [1.29, 1.82) is 0 Å². The number of nitrogens with one attached hydrogen (secondary N) is 1. The smallest absolute Gasteiger partial charge is 0.319 e. The SMILES string of the molecule is COC(=O)CN(CC(=O)NCCc1cccs1)C(C)C. The summed E-state index contributed by atoms with van der Waals surface area (Å²) in [6, 6.07) is 4.16. The van der Waals surface area contributed by atoms with Gasteiger partial charge in [0, 0.05) is 17.5 Å². The van der Waals surface area contributed by atoms with Crippen molar-refractivity contribution in [3.63, 3.8) is 0 Å². The fraction of sp³-hybridized carbons (Fsp3) is 0.571. The second-order valence-electron chi connectivity index (χ2n) is 4.75. The fourth-order valence-corrected chi connectivity index (χ4v) is 2.38.